The number of esters is 1. The van der Waals surface area contributed by atoms with Gasteiger partial charge in [-0.2, -0.15) is 0 Å². The minimum atomic E-state index is -0.604. The molecule has 40 heavy (non-hydrogen) atoms. The molecule has 2 heterocycles. The first-order chi connectivity index (χ1) is 19.7. The van der Waals surface area contributed by atoms with Crippen molar-refractivity contribution < 1.29 is 28.5 Å². The van der Waals surface area contributed by atoms with Crippen LogP contribution in [-0.4, -0.2) is 23.9 Å². The van der Waals surface area contributed by atoms with Crippen molar-refractivity contribution in [2.24, 2.45) is 0 Å². The molecule has 4 aromatic rings. The first-order valence-electron chi connectivity index (χ1n) is 13.6. The summed E-state index contributed by atoms with van der Waals surface area (Å²) in [4.78, 5) is 18.1. The van der Waals surface area contributed by atoms with E-state index in [0.29, 0.717) is 18.1 Å². The third-order valence-corrected chi connectivity index (χ3v) is 6.42. The van der Waals surface area contributed by atoms with Gasteiger partial charge >= 0.3 is 5.97 Å². The molecule has 0 spiro atoms. The van der Waals surface area contributed by atoms with Crippen molar-refractivity contribution in [2.45, 2.75) is 52.0 Å². The highest BCUT2D eigenvalue weighted by Gasteiger charge is 2.24. The molecule has 0 radical (unpaired) electrons. The molecule has 0 saturated carbocycles. The predicted molar refractivity (Wildman–Crippen MR) is 150 cm³/mol. The number of ether oxygens (including phenoxy) is 5. The number of hydrogen-bond donors (Lipinski definition) is 0. The Labute approximate surface area is 234 Å². The van der Waals surface area contributed by atoms with Gasteiger partial charge in [0.1, 0.15) is 19.8 Å². The number of carbonyl (C=O) groups excluding carboxylic acids is 1. The van der Waals surface area contributed by atoms with E-state index in [-0.39, 0.29) is 44.2 Å². The van der Waals surface area contributed by atoms with Crippen LogP contribution < -0.4 is 9.47 Å². The molecule has 1 fully saturated rings. The lowest BCUT2D eigenvalue weighted by molar-refractivity contribution is -0.169. The zero-order valence-corrected chi connectivity index (χ0v) is 22.4. The summed E-state index contributed by atoms with van der Waals surface area (Å²) < 4.78 is 29.8. The van der Waals surface area contributed by atoms with Crippen LogP contribution in [0.3, 0.4) is 0 Å². The van der Waals surface area contributed by atoms with Crippen LogP contribution in [0.1, 0.15) is 52.1 Å². The summed E-state index contributed by atoms with van der Waals surface area (Å²) in [5.41, 5.74) is 3.37. The van der Waals surface area contributed by atoms with E-state index >= 15 is 0 Å². The molecule has 1 atom stereocenters. The van der Waals surface area contributed by atoms with E-state index in [0.717, 1.165) is 36.0 Å². The molecule has 5 rings (SSSR count). The number of pyridine rings is 1. The van der Waals surface area contributed by atoms with Crippen molar-refractivity contribution in [1.29, 1.82) is 0 Å². The smallest absolute Gasteiger partial charge is 0.361 e. The van der Waals surface area contributed by atoms with Gasteiger partial charge in [0.25, 0.3) is 0 Å². The van der Waals surface area contributed by atoms with Crippen LogP contribution in [0.5, 0.6) is 11.5 Å². The fourth-order valence-electron chi connectivity index (χ4n) is 4.30. The number of hydrogen-bond acceptors (Lipinski definition) is 7. The minimum absolute atomic E-state index is 0.0422. The molecule has 7 nitrogen and oxygen atoms in total. The van der Waals surface area contributed by atoms with Crippen molar-refractivity contribution in [1.82, 2.24) is 4.98 Å². The lowest BCUT2D eigenvalue weighted by atomic mass is 10.2. The van der Waals surface area contributed by atoms with Gasteiger partial charge in [0, 0.05) is 12.7 Å². The molecule has 1 aromatic heterocycles. The second-order valence-corrected chi connectivity index (χ2v) is 9.51. The van der Waals surface area contributed by atoms with E-state index in [9.17, 15) is 4.79 Å². The minimum Gasteiger partial charge on any atom is -0.485 e. The fourth-order valence-corrected chi connectivity index (χ4v) is 4.30. The normalized spacial score (nSPS) is 14.8. The molecule has 7 heteroatoms. The van der Waals surface area contributed by atoms with E-state index < -0.39 is 5.97 Å². The Morgan fingerprint density at radius 1 is 0.750 bits per heavy atom. The Bertz CT molecular complexity index is 1340. The monoisotopic (exact) mass is 539 g/mol. The molecule has 0 amide bonds. The number of aromatic nitrogens is 1. The van der Waals surface area contributed by atoms with Crippen LogP contribution >= 0.6 is 0 Å². The molecule has 0 N–H and O–H groups in total. The molecule has 1 unspecified atom stereocenters. The molecule has 206 valence electrons. The van der Waals surface area contributed by atoms with E-state index in [2.05, 4.69) is 4.98 Å². The van der Waals surface area contributed by atoms with Gasteiger partial charge in [-0.1, -0.05) is 91.0 Å². The Morgan fingerprint density at radius 2 is 1.35 bits per heavy atom. The highest BCUT2D eigenvalue weighted by molar-refractivity contribution is 5.91. The zero-order chi connectivity index (χ0) is 27.4. The Balaban J connectivity index is 1.44. The van der Waals surface area contributed by atoms with Gasteiger partial charge in [-0.15, -0.1) is 0 Å². The van der Waals surface area contributed by atoms with Gasteiger partial charge in [-0.05, 0) is 36.0 Å². The SMILES string of the molecule is O=C(OCc1ccccc1)c1nc(COC2CCCCO2)cc(OCc2ccccc2)c1OCc1ccccc1. The van der Waals surface area contributed by atoms with Crippen LogP contribution in [0.25, 0.3) is 0 Å². The highest BCUT2D eigenvalue weighted by atomic mass is 16.7. The lowest BCUT2D eigenvalue weighted by Crippen LogP contribution is -2.22. The van der Waals surface area contributed by atoms with Crippen molar-refractivity contribution in [3.63, 3.8) is 0 Å². The van der Waals surface area contributed by atoms with Crippen molar-refractivity contribution >= 4 is 5.97 Å². The summed E-state index contributed by atoms with van der Waals surface area (Å²) in [7, 11) is 0. The molecule has 3 aromatic carbocycles. The van der Waals surface area contributed by atoms with Crippen LogP contribution in [-0.2, 0) is 40.6 Å². The lowest BCUT2D eigenvalue weighted by Gasteiger charge is -2.23. The molecule has 0 aliphatic carbocycles. The van der Waals surface area contributed by atoms with Gasteiger partial charge < -0.3 is 23.7 Å². The van der Waals surface area contributed by atoms with E-state index in [1.54, 1.807) is 6.07 Å². The molecule has 1 saturated heterocycles. The first kappa shape index (κ1) is 27.4. The third-order valence-electron chi connectivity index (χ3n) is 6.42. The van der Waals surface area contributed by atoms with Crippen LogP contribution in [0.4, 0.5) is 0 Å². The van der Waals surface area contributed by atoms with Gasteiger partial charge in [0.05, 0.1) is 12.3 Å². The van der Waals surface area contributed by atoms with Gasteiger partial charge in [0.2, 0.25) is 0 Å². The zero-order valence-electron chi connectivity index (χ0n) is 22.4. The van der Waals surface area contributed by atoms with E-state index in [1.165, 1.54) is 0 Å². The number of rotatable bonds is 12. The topological polar surface area (TPSA) is 76.1 Å². The molecular formula is C33H33NO6. The summed E-state index contributed by atoms with van der Waals surface area (Å²) >= 11 is 0. The van der Waals surface area contributed by atoms with E-state index in [1.807, 2.05) is 91.0 Å². The van der Waals surface area contributed by atoms with Crippen molar-refractivity contribution in [3.05, 3.63) is 125 Å². The number of nitrogens with zero attached hydrogens (tertiary/aromatic N) is 1. The molecule has 1 aliphatic rings. The Morgan fingerprint density at radius 3 is 1.95 bits per heavy atom. The van der Waals surface area contributed by atoms with E-state index in [4.69, 9.17) is 23.7 Å². The molecular weight excluding hydrogens is 506 g/mol. The highest BCUT2D eigenvalue weighted by Crippen LogP contribution is 2.34. The number of benzene rings is 3. The van der Waals surface area contributed by atoms with Gasteiger partial charge in [0.15, 0.2) is 23.5 Å². The summed E-state index contributed by atoms with van der Waals surface area (Å²) in [5.74, 6) is 0.0207. The maximum atomic E-state index is 13.4. The first-order valence-corrected chi connectivity index (χ1v) is 13.6. The Kier molecular flexibility index (Phi) is 9.76. The summed E-state index contributed by atoms with van der Waals surface area (Å²) in [5, 5.41) is 0. The fraction of sp³-hybridized carbons (Fsp3) is 0.273. The maximum Gasteiger partial charge on any atom is 0.361 e. The maximum absolute atomic E-state index is 13.4. The summed E-state index contributed by atoms with van der Waals surface area (Å²) in [6.07, 6.45) is 2.60. The predicted octanol–water partition coefficient (Wildman–Crippen LogP) is 6.64. The summed E-state index contributed by atoms with van der Waals surface area (Å²) in [6.45, 7) is 1.46. The molecule has 0 bridgehead atoms. The largest absolute Gasteiger partial charge is 0.485 e. The standard InChI is InChI=1S/C33H33NO6/c35-33(40-23-27-16-8-3-9-17-27)31-32(39-22-26-14-6-2-7-15-26)29(37-21-25-12-4-1-5-13-25)20-28(34-31)24-38-30-18-10-11-19-36-30/h1-9,12-17,20,30H,10-11,18-19,21-24H2. The second-order valence-electron chi connectivity index (χ2n) is 9.51. The van der Waals surface area contributed by atoms with Crippen LogP contribution in [0.15, 0.2) is 97.1 Å². The van der Waals surface area contributed by atoms with Crippen LogP contribution in [0, 0.1) is 0 Å². The summed E-state index contributed by atoms with van der Waals surface area (Å²) in [6, 6.07) is 30.8. The quantitative estimate of drug-likeness (QED) is 0.187. The van der Waals surface area contributed by atoms with Crippen molar-refractivity contribution in [3.8, 4) is 11.5 Å². The molecule has 1 aliphatic heterocycles. The third kappa shape index (κ3) is 7.91. The number of carbonyl (C=O) groups is 1. The van der Waals surface area contributed by atoms with Gasteiger partial charge in [-0.25, -0.2) is 9.78 Å². The average Bonchev–Trinajstić information content (AvgIpc) is 3.02. The average molecular weight is 540 g/mol. The second kappa shape index (κ2) is 14.3. The van der Waals surface area contributed by atoms with Crippen LogP contribution in [0.2, 0.25) is 0 Å². The van der Waals surface area contributed by atoms with Gasteiger partial charge in [-0.3, -0.25) is 0 Å². The van der Waals surface area contributed by atoms with Crippen molar-refractivity contribution in [2.75, 3.05) is 6.61 Å². The Hall–Kier alpha value is -4.20.